The fraction of sp³-hybridized carbons (Fsp3) is 0.375. The average molecular weight is 363 g/mol. The van der Waals surface area contributed by atoms with Crippen LogP contribution in [0.3, 0.4) is 0 Å². The topological polar surface area (TPSA) is 91.7 Å². The number of benzene rings is 1. The first-order chi connectivity index (χ1) is 12.0. The molecule has 3 rings (SSSR count). The Labute approximate surface area is 148 Å². The Morgan fingerprint density at radius 3 is 2.60 bits per heavy atom. The van der Waals surface area contributed by atoms with Gasteiger partial charge in [-0.1, -0.05) is 0 Å². The smallest absolute Gasteiger partial charge is 0.305 e. The number of carbonyl (C=O) groups is 2. The van der Waals surface area contributed by atoms with Gasteiger partial charge in [0.05, 0.1) is 26.8 Å². The molecule has 1 aliphatic heterocycles. The molecule has 1 atom stereocenters. The molecule has 1 amide bonds. The van der Waals surface area contributed by atoms with Crippen molar-refractivity contribution in [3.05, 3.63) is 16.9 Å². The quantitative estimate of drug-likeness (QED) is 0.643. The SMILES string of the molecule is COC(=O)CCC1C(=O)Nc2c3cc(OC)c(OC)cc3nc(=S)n21. The second-order valence-electron chi connectivity index (χ2n) is 5.46. The molecule has 0 spiro atoms. The standard InChI is InChI=1S/C16H17N3O5S/c1-22-11-6-8-9(7-12(11)23-2)17-16(25)19-10(4-5-13(20)24-3)15(21)18-14(8)19/h6-7,10H,4-5H2,1-3H3,(H,18,21). The predicted molar refractivity (Wildman–Crippen MR) is 92.6 cm³/mol. The van der Waals surface area contributed by atoms with Gasteiger partial charge in [0.1, 0.15) is 11.9 Å². The van der Waals surface area contributed by atoms with Crippen molar-refractivity contribution in [3.8, 4) is 11.5 Å². The molecule has 1 aromatic heterocycles. The summed E-state index contributed by atoms with van der Waals surface area (Å²) in [6.07, 6.45) is 0.389. The van der Waals surface area contributed by atoms with E-state index < -0.39 is 6.04 Å². The molecule has 2 heterocycles. The maximum atomic E-state index is 12.4. The van der Waals surface area contributed by atoms with E-state index in [-0.39, 0.29) is 29.5 Å². The van der Waals surface area contributed by atoms with Gasteiger partial charge in [-0.15, -0.1) is 0 Å². The van der Waals surface area contributed by atoms with Crippen molar-refractivity contribution in [3.63, 3.8) is 0 Å². The minimum atomic E-state index is -0.605. The maximum Gasteiger partial charge on any atom is 0.305 e. The summed E-state index contributed by atoms with van der Waals surface area (Å²) in [5.74, 6) is 0.959. The Bertz CT molecular complexity index is 924. The fourth-order valence-corrected chi connectivity index (χ4v) is 3.20. The van der Waals surface area contributed by atoms with E-state index in [2.05, 4.69) is 15.0 Å². The molecule has 1 aliphatic rings. The van der Waals surface area contributed by atoms with Crippen molar-refractivity contribution < 1.29 is 23.8 Å². The van der Waals surface area contributed by atoms with Crippen LogP contribution < -0.4 is 14.8 Å². The summed E-state index contributed by atoms with van der Waals surface area (Å²) in [5, 5.41) is 3.51. The number of esters is 1. The summed E-state index contributed by atoms with van der Waals surface area (Å²) in [7, 11) is 4.38. The Hall–Kier alpha value is -2.68. The van der Waals surface area contributed by atoms with E-state index in [1.807, 2.05) is 0 Å². The van der Waals surface area contributed by atoms with E-state index in [1.165, 1.54) is 21.3 Å². The highest BCUT2D eigenvalue weighted by Crippen LogP contribution is 2.38. The highest BCUT2D eigenvalue weighted by Gasteiger charge is 2.32. The molecule has 2 aromatic rings. The van der Waals surface area contributed by atoms with Gasteiger partial charge in [-0.2, -0.15) is 0 Å². The first-order valence-electron chi connectivity index (χ1n) is 7.56. The van der Waals surface area contributed by atoms with Crippen LogP contribution in [-0.4, -0.2) is 42.8 Å². The molecule has 9 heteroatoms. The van der Waals surface area contributed by atoms with Crippen molar-refractivity contribution >= 4 is 40.8 Å². The van der Waals surface area contributed by atoms with Crippen LogP contribution in [0.5, 0.6) is 11.5 Å². The number of anilines is 1. The molecule has 1 aromatic carbocycles. The summed E-state index contributed by atoms with van der Waals surface area (Å²) in [6, 6.07) is 2.84. The predicted octanol–water partition coefficient (Wildman–Crippen LogP) is 2.23. The van der Waals surface area contributed by atoms with Crippen LogP contribution in [0.1, 0.15) is 18.9 Å². The number of methoxy groups -OCH3 is 3. The van der Waals surface area contributed by atoms with Crippen molar-refractivity contribution in [2.45, 2.75) is 18.9 Å². The van der Waals surface area contributed by atoms with Crippen LogP contribution in [-0.2, 0) is 14.3 Å². The van der Waals surface area contributed by atoms with Crippen LogP contribution in [0.4, 0.5) is 5.82 Å². The van der Waals surface area contributed by atoms with Crippen molar-refractivity contribution in [1.29, 1.82) is 0 Å². The summed E-state index contributed by atoms with van der Waals surface area (Å²) in [4.78, 5) is 28.2. The number of hydrogen-bond acceptors (Lipinski definition) is 7. The number of aromatic nitrogens is 2. The van der Waals surface area contributed by atoms with Crippen LogP contribution in [0, 0.1) is 4.77 Å². The third-order valence-electron chi connectivity index (χ3n) is 4.13. The molecule has 0 bridgehead atoms. The zero-order valence-electron chi connectivity index (χ0n) is 14.0. The first-order valence-corrected chi connectivity index (χ1v) is 7.97. The molecule has 0 fully saturated rings. The lowest BCUT2D eigenvalue weighted by atomic mass is 10.1. The summed E-state index contributed by atoms with van der Waals surface area (Å²) in [6.45, 7) is 0. The summed E-state index contributed by atoms with van der Waals surface area (Å²) >= 11 is 5.36. The Morgan fingerprint density at radius 1 is 1.28 bits per heavy atom. The second kappa shape index (κ2) is 6.67. The molecule has 0 aliphatic carbocycles. The number of nitrogens with zero attached hydrogens (tertiary/aromatic N) is 2. The van der Waals surface area contributed by atoms with E-state index in [0.29, 0.717) is 28.2 Å². The van der Waals surface area contributed by atoms with Crippen molar-refractivity contribution in [2.75, 3.05) is 26.6 Å². The van der Waals surface area contributed by atoms with Gasteiger partial charge >= 0.3 is 5.97 Å². The lowest BCUT2D eigenvalue weighted by molar-refractivity contribution is -0.140. The monoisotopic (exact) mass is 363 g/mol. The van der Waals surface area contributed by atoms with Crippen LogP contribution in [0.2, 0.25) is 0 Å². The van der Waals surface area contributed by atoms with E-state index in [9.17, 15) is 9.59 Å². The lowest BCUT2D eigenvalue weighted by Gasteiger charge is -2.14. The third-order valence-corrected chi connectivity index (χ3v) is 4.41. The Balaban J connectivity index is 2.13. The molecule has 8 nitrogen and oxygen atoms in total. The van der Waals surface area contributed by atoms with E-state index in [0.717, 1.165) is 0 Å². The van der Waals surface area contributed by atoms with Crippen molar-refractivity contribution in [2.24, 2.45) is 0 Å². The zero-order chi connectivity index (χ0) is 18.1. The average Bonchev–Trinajstić information content (AvgIpc) is 2.95. The second-order valence-corrected chi connectivity index (χ2v) is 5.82. The number of nitrogens with one attached hydrogen (secondary N) is 1. The summed E-state index contributed by atoms with van der Waals surface area (Å²) in [5.41, 5.74) is 0.586. The van der Waals surface area contributed by atoms with E-state index in [1.54, 1.807) is 16.7 Å². The minimum absolute atomic E-state index is 0.111. The van der Waals surface area contributed by atoms with Gasteiger partial charge in [0.25, 0.3) is 0 Å². The van der Waals surface area contributed by atoms with Crippen LogP contribution in [0.15, 0.2) is 12.1 Å². The highest BCUT2D eigenvalue weighted by molar-refractivity contribution is 7.71. The van der Waals surface area contributed by atoms with Gasteiger partial charge < -0.3 is 19.5 Å². The van der Waals surface area contributed by atoms with Crippen molar-refractivity contribution in [1.82, 2.24) is 9.55 Å². The molecule has 132 valence electrons. The minimum Gasteiger partial charge on any atom is -0.493 e. The number of amides is 1. The van der Waals surface area contributed by atoms with E-state index >= 15 is 0 Å². The number of ether oxygens (including phenoxy) is 3. The van der Waals surface area contributed by atoms with Gasteiger partial charge in [0.2, 0.25) is 10.7 Å². The maximum absolute atomic E-state index is 12.4. The molecule has 25 heavy (non-hydrogen) atoms. The molecule has 1 unspecified atom stereocenters. The number of hydrogen-bond donors (Lipinski definition) is 1. The van der Waals surface area contributed by atoms with Gasteiger partial charge in [0, 0.05) is 17.9 Å². The highest BCUT2D eigenvalue weighted by atomic mass is 32.1. The molecule has 0 radical (unpaired) electrons. The normalized spacial score (nSPS) is 15.6. The molecule has 0 saturated carbocycles. The lowest BCUT2D eigenvalue weighted by Crippen LogP contribution is -2.17. The molecular weight excluding hydrogens is 346 g/mol. The molecular formula is C16H17N3O5S. The molecule has 1 N–H and O–H groups in total. The van der Waals surface area contributed by atoms with Gasteiger partial charge in [-0.3, -0.25) is 14.2 Å². The Morgan fingerprint density at radius 2 is 1.96 bits per heavy atom. The zero-order valence-corrected chi connectivity index (χ0v) is 14.8. The van der Waals surface area contributed by atoms with E-state index in [4.69, 9.17) is 21.7 Å². The summed E-state index contributed by atoms with van der Waals surface area (Å²) < 4.78 is 17.1. The Kier molecular flexibility index (Phi) is 4.58. The molecule has 0 saturated heterocycles. The number of fused-ring (bicyclic) bond motifs is 3. The fourth-order valence-electron chi connectivity index (χ4n) is 2.88. The number of rotatable bonds is 5. The van der Waals surface area contributed by atoms with Gasteiger partial charge in [0.15, 0.2) is 11.5 Å². The number of carbonyl (C=O) groups excluding carboxylic acids is 2. The van der Waals surface area contributed by atoms with Gasteiger partial charge in [-0.25, -0.2) is 4.98 Å². The largest absolute Gasteiger partial charge is 0.493 e. The van der Waals surface area contributed by atoms with Crippen LogP contribution >= 0.6 is 12.2 Å². The third kappa shape index (κ3) is 2.91. The van der Waals surface area contributed by atoms with Gasteiger partial charge in [-0.05, 0) is 24.7 Å². The first kappa shape index (κ1) is 17.2. The van der Waals surface area contributed by atoms with Crippen LogP contribution in [0.25, 0.3) is 10.9 Å².